The van der Waals surface area contributed by atoms with Crippen LogP contribution in [0, 0.1) is 19.8 Å². The molecule has 1 aromatic heterocycles. The van der Waals surface area contributed by atoms with Gasteiger partial charge in [-0.15, -0.1) is 12.4 Å². The molecule has 5 nitrogen and oxygen atoms in total. The maximum absolute atomic E-state index is 5.69. The summed E-state index contributed by atoms with van der Waals surface area (Å²) >= 11 is 0. The van der Waals surface area contributed by atoms with E-state index in [0.717, 1.165) is 42.9 Å². The molecule has 3 heterocycles. The van der Waals surface area contributed by atoms with Gasteiger partial charge in [0.15, 0.2) is 0 Å². The lowest BCUT2D eigenvalue weighted by Crippen LogP contribution is -2.48. The maximum atomic E-state index is 5.69. The Kier molecular flexibility index (Phi) is 6.68. The van der Waals surface area contributed by atoms with Crippen molar-refractivity contribution in [1.29, 1.82) is 0 Å². The Morgan fingerprint density at radius 1 is 1.09 bits per heavy atom. The number of piperazine rings is 1. The third-order valence-electron chi connectivity index (χ3n) is 4.87. The number of aryl methyl sites for hydroxylation is 2. The predicted octanol–water partition coefficient (Wildman–Crippen LogP) is 1.83. The van der Waals surface area contributed by atoms with E-state index < -0.39 is 0 Å². The molecule has 1 aromatic rings. The molecule has 0 bridgehead atoms. The molecule has 0 aliphatic carbocycles. The number of hydrogen-bond donors (Lipinski definition) is 1. The highest BCUT2D eigenvalue weighted by Gasteiger charge is 2.22. The minimum absolute atomic E-state index is 0. The first-order valence-electron chi connectivity index (χ1n) is 8.29. The van der Waals surface area contributed by atoms with Crippen molar-refractivity contribution in [2.24, 2.45) is 5.92 Å². The topological polar surface area (TPSA) is 44.5 Å². The van der Waals surface area contributed by atoms with Crippen molar-refractivity contribution in [1.82, 2.24) is 20.1 Å². The highest BCUT2D eigenvalue weighted by molar-refractivity contribution is 5.85. The zero-order chi connectivity index (χ0) is 14.7. The highest BCUT2D eigenvalue weighted by atomic mass is 35.5. The zero-order valence-corrected chi connectivity index (χ0v) is 14.6. The van der Waals surface area contributed by atoms with Gasteiger partial charge in [-0.25, -0.2) is 4.98 Å². The highest BCUT2D eigenvalue weighted by Crippen LogP contribution is 2.16. The number of rotatable bonds is 4. The van der Waals surface area contributed by atoms with Crippen molar-refractivity contribution in [2.45, 2.75) is 33.2 Å². The molecular weight excluding hydrogens is 300 g/mol. The van der Waals surface area contributed by atoms with Gasteiger partial charge in [-0.05, 0) is 45.7 Å². The van der Waals surface area contributed by atoms with Crippen LogP contribution in [0.5, 0.6) is 0 Å². The molecule has 2 aliphatic heterocycles. The Hall–Kier alpha value is -0.620. The standard InChI is InChI=1S/C16H28N4O.ClH/c1-13-14(2)21-16(18-13)12-20-9-7-19(8-10-20)11-15-3-5-17-6-4-15;/h15,17H,3-12H2,1-2H3;1H. The summed E-state index contributed by atoms with van der Waals surface area (Å²) in [6.45, 7) is 13.2. The molecule has 2 fully saturated rings. The van der Waals surface area contributed by atoms with Gasteiger partial charge in [0.05, 0.1) is 12.2 Å². The van der Waals surface area contributed by atoms with Crippen LogP contribution < -0.4 is 5.32 Å². The van der Waals surface area contributed by atoms with Crippen LogP contribution in [0.25, 0.3) is 0 Å². The molecular formula is C16H29ClN4O. The van der Waals surface area contributed by atoms with Gasteiger partial charge in [-0.3, -0.25) is 4.90 Å². The number of aromatic nitrogens is 1. The molecule has 22 heavy (non-hydrogen) atoms. The average Bonchev–Trinajstić information content (AvgIpc) is 2.80. The lowest BCUT2D eigenvalue weighted by Gasteiger charge is -2.36. The van der Waals surface area contributed by atoms with E-state index >= 15 is 0 Å². The van der Waals surface area contributed by atoms with E-state index in [-0.39, 0.29) is 12.4 Å². The molecule has 6 heteroatoms. The minimum atomic E-state index is 0. The van der Waals surface area contributed by atoms with E-state index in [9.17, 15) is 0 Å². The number of halogens is 1. The molecule has 0 amide bonds. The lowest BCUT2D eigenvalue weighted by atomic mass is 9.97. The van der Waals surface area contributed by atoms with Gasteiger partial charge in [-0.1, -0.05) is 0 Å². The van der Waals surface area contributed by atoms with E-state index in [1.165, 1.54) is 45.6 Å². The van der Waals surface area contributed by atoms with Gasteiger partial charge in [0, 0.05) is 32.7 Å². The second-order valence-corrected chi connectivity index (χ2v) is 6.52. The number of piperidine rings is 1. The van der Waals surface area contributed by atoms with E-state index in [0.29, 0.717) is 0 Å². The summed E-state index contributed by atoms with van der Waals surface area (Å²) in [5.41, 5.74) is 1.02. The minimum Gasteiger partial charge on any atom is -0.444 e. The molecule has 0 radical (unpaired) electrons. The summed E-state index contributed by atoms with van der Waals surface area (Å²) in [7, 11) is 0. The molecule has 3 rings (SSSR count). The molecule has 0 spiro atoms. The zero-order valence-electron chi connectivity index (χ0n) is 13.8. The van der Waals surface area contributed by atoms with Gasteiger partial charge in [0.2, 0.25) is 5.89 Å². The summed E-state index contributed by atoms with van der Waals surface area (Å²) in [5, 5.41) is 3.45. The third kappa shape index (κ3) is 4.69. The Bertz CT molecular complexity index is 431. The third-order valence-corrected chi connectivity index (χ3v) is 4.87. The summed E-state index contributed by atoms with van der Waals surface area (Å²) in [6.07, 6.45) is 2.68. The second kappa shape index (κ2) is 8.29. The molecule has 0 atom stereocenters. The number of nitrogens with one attached hydrogen (secondary N) is 1. The van der Waals surface area contributed by atoms with E-state index in [2.05, 4.69) is 20.1 Å². The smallest absolute Gasteiger partial charge is 0.208 e. The van der Waals surface area contributed by atoms with Crippen LogP contribution in [0.1, 0.15) is 30.2 Å². The van der Waals surface area contributed by atoms with Crippen molar-refractivity contribution < 1.29 is 4.42 Å². The Balaban J connectivity index is 0.00000176. The van der Waals surface area contributed by atoms with E-state index in [4.69, 9.17) is 4.42 Å². The van der Waals surface area contributed by atoms with Crippen molar-refractivity contribution in [3.63, 3.8) is 0 Å². The Morgan fingerprint density at radius 3 is 2.32 bits per heavy atom. The van der Waals surface area contributed by atoms with Crippen LogP contribution in [0.3, 0.4) is 0 Å². The number of hydrogen-bond acceptors (Lipinski definition) is 5. The van der Waals surface area contributed by atoms with Gasteiger partial charge in [0.1, 0.15) is 5.76 Å². The van der Waals surface area contributed by atoms with E-state index in [1.807, 2.05) is 13.8 Å². The molecule has 0 aromatic carbocycles. The number of oxazole rings is 1. The summed E-state index contributed by atoms with van der Waals surface area (Å²) in [4.78, 5) is 9.59. The quantitative estimate of drug-likeness (QED) is 0.913. The molecule has 1 N–H and O–H groups in total. The number of nitrogens with zero attached hydrogens (tertiary/aromatic N) is 3. The van der Waals surface area contributed by atoms with Crippen LogP contribution >= 0.6 is 12.4 Å². The summed E-state index contributed by atoms with van der Waals surface area (Å²) < 4.78 is 5.69. The molecule has 0 unspecified atom stereocenters. The first kappa shape index (κ1) is 17.7. The molecule has 2 saturated heterocycles. The predicted molar refractivity (Wildman–Crippen MR) is 90.5 cm³/mol. The van der Waals surface area contributed by atoms with Gasteiger partial charge in [0.25, 0.3) is 0 Å². The maximum Gasteiger partial charge on any atom is 0.208 e. The van der Waals surface area contributed by atoms with Gasteiger partial charge in [-0.2, -0.15) is 0 Å². The fraction of sp³-hybridized carbons (Fsp3) is 0.812. The fourth-order valence-electron chi connectivity index (χ4n) is 3.36. The first-order chi connectivity index (χ1) is 10.2. The average molecular weight is 329 g/mol. The second-order valence-electron chi connectivity index (χ2n) is 6.52. The van der Waals surface area contributed by atoms with Crippen LogP contribution in [0.4, 0.5) is 0 Å². The van der Waals surface area contributed by atoms with Crippen LogP contribution in [-0.4, -0.2) is 60.6 Å². The van der Waals surface area contributed by atoms with Gasteiger partial charge >= 0.3 is 0 Å². The van der Waals surface area contributed by atoms with Crippen molar-refractivity contribution in [3.05, 3.63) is 17.3 Å². The summed E-state index contributed by atoms with van der Waals surface area (Å²) in [6, 6.07) is 0. The lowest BCUT2D eigenvalue weighted by molar-refractivity contribution is 0.101. The molecule has 126 valence electrons. The van der Waals surface area contributed by atoms with Crippen molar-refractivity contribution in [3.8, 4) is 0 Å². The Labute approximate surface area is 139 Å². The molecule has 0 saturated carbocycles. The molecule has 2 aliphatic rings. The SMILES string of the molecule is Cc1nc(CN2CCN(CC3CCNCC3)CC2)oc1C.Cl. The monoisotopic (exact) mass is 328 g/mol. The largest absolute Gasteiger partial charge is 0.444 e. The summed E-state index contributed by atoms with van der Waals surface area (Å²) in [5.74, 6) is 2.72. The van der Waals surface area contributed by atoms with E-state index in [1.54, 1.807) is 0 Å². The van der Waals surface area contributed by atoms with Crippen LogP contribution in [0.15, 0.2) is 4.42 Å². The van der Waals surface area contributed by atoms with Gasteiger partial charge < -0.3 is 14.6 Å². The first-order valence-corrected chi connectivity index (χ1v) is 8.29. The fourth-order valence-corrected chi connectivity index (χ4v) is 3.36. The van der Waals surface area contributed by atoms with Crippen LogP contribution in [0.2, 0.25) is 0 Å². The van der Waals surface area contributed by atoms with Crippen molar-refractivity contribution in [2.75, 3.05) is 45.8 Å². The van der Waals surface area contributed by atoms with Crippen molar-refractivity contribution >= 4 is 12.4 Å². The normalized spacial score (nSPS) is 21.7. The Morgan fingerprint density at radius 2 is 1.73 bits per heavy atom. The van der Waals surface area contributed by atoms with Crippen LogP contribution in [-0.2, 0) is 6.54 Å².